The molecule has 2 rings (SSSR count). The van der Waals surface area contributed by atoms with Crippen LogP contribution in [0.5, 0.6) is 5.75 Å². The molecule has 1 aromatic rings. The molecule has 0 saturated carbocycles. The van der Waals surface area contributed by atoms with E-state index in [9.17, 15) is 9.90 Å². The van der Waals surface area contributed by atoms with E-state index in [1.54, 1.807) is 12.1 Å². The van der Waals surface area contributed by atoms with Crippen LogP contribution in [0.25, 0.3) is 0 Å². The lowest BCUT2D eigenvalue weighted by molar-refractivity contribution is 0.0947. The highest BCUT2D eigenvalue weighted by Crippen LogP contribution is 2.24. The fraction of sp³-hybridized carbons (Fsp3) is 0.462. The van der Waals surface area contributed by atoms with Gasteiger partial charge in [-0.15, -0.1) is 0 Å². The summed E-state index contributed by atoms with van der Waals surface area (Å²) in [4.78, 5) is 14.2. The summed E-state index contributed by atoms with van der Waals surface area (Å²) in [7, 11) is 0. The van der Waals surface area contributed by atoms with Crippen molar-refractivity contribution >= 4 is 21.8 Å². The van der Waals surface area contributed by atoms with Crippen LogP contribution in [0.1, 0.15) is 10.4 Å². The molecule has 1 saturated heterocycles. The zero-order chi connectivity index (χ0) is 13.7. The van der Waals surface area contributed by atoms with Gasteiger partial charge in [0.15, 0.2) is 0 Å². The number of aromatic hydroxyl groups is 1. The van der Waals surface area contributed by atoms with Crippen molar-refractivity contribution in [2.45, 2.75) is 0 Å². The van der Waals surface area contributed by atoms with E-state index in [0.29, 0.717) is 16.6 Å². The highest BCUT2D eigenvalue weighted by molar-refractivity contribution is 9.10. The first-order chi connectivity index (χ1) is 9.16. The van der Waals surface area contributed by atoms with E-state index in [0.717, 1.165) is 32.7 Å². The van der Waals surface area contributed by atoms with Crippen LogP contribution < -0.4 is 10.6 Å². The summed E-state index contributed by atoms with van der Waals surface area (Å²) in [5.74, 6) is -0.0762. The van der Waals surface area contributed by atoms with Gasteiger partial charge in [-0.05, 0) is 34.1 Å². The quantitative estimate of drug-likeness (QED) is 0.765. The van der Waals surface area contributed by atoms with Gasteiger partial charge in [-0.3, -0.25) is 9.69 Å². The van der Waals surface area contributed by atoms with E-state index in [1.807, 2.05) is 0 Å². The Bertz CT molecular complexity index is 448. The Kier molecular flexibility index (Phi) is 5.18. The number of amides is 1. The highest BCUT2D eigenvalue weighted by atomic mass is 79.9. The van der Waals surface area contributed by atoms with Crippen LogP contribution in [0.15, 0.2) is 22.7 Å². The van der Waals surface area contributed by atoms with Crippen molar-refractivity contribution in [2.24, 2.45) is 0 Å². The first kappa shape index (κ1) is 14.3. The zero-order valence-corrected chi connectivity index (χ0v) is 12.2. The average Bonchev–Trinajstić information content (AvgIpc) is 2.43. The summed E-state index contributed by atoms with van der Waals surface area (Å²) >= 11 is 3.19. The third kappa shape index (κ3) is 4.19. The Hall–Kier alpha value is -1.11. The van der Waals surface area contributed by atoms with Gasteiger partial charge in [0, 0.05) is 44.8 Å². The molecule has 0 aromatic heterocycles. The lowest BCUT2D eigenvalue weighted by Crippen LogP contribution is -2.46. The summed E-state index contributed by atoms with van der Waals surface area (Å²) in [6.45, 7) is 5.54. The van der Waals surface area contributed by atoms with Gasteiger partial charge in [0.05, 0.1) is 4.47 Å². The molecule has 0 radical (unpaired) electrons. The molecule has 0 bridgehead atoms. The second kappa shape index (κ2) is 6.88. The van der Waals surface area contributed by atoms with Crippen molar-refractivity contribution < 1.29 is 9.90 Å². The number of carbonyl (C=O) groups excluding carboxylic acids is 1. The first-order valence-corrected chi connectivity index (χ1v) is 7.16. The number of hydrogen-bond acceptors (Lipinski definition) is 4. The second-order valence-corrected chi connectivity index (χ2v) is 5.37. The fourth-order valence-corrected chi connectivity index (χ4v) is 2.26. The number of phenolic OH excluding ortho intramolecular Hbond substituents is 1. The molecule has 1 fully saturated rings. The summed E-state index contributed by atoms with van der Waals surface area (Å²) in [5, 5.41) is 15.7. The van der Waals surface area contributed by atoms with E-state index < -0.39 is 0 Å². The molecule has 19 heavy (non-hydrogen) atoms. The summed E-state index contributed by atoms with van der Waals surface area (Å²) in [6, 6.07) is 4.81. The van der Waals surface area contributed by atoms with Gasteiger partial charge < -0.3 is 15.7 Å². The minimum absolute atomic E-state index is 0.0785. The predicted octanol–water partition coefficient (Wildman–Crippen LogP) is 0.790. The number of nitrogens with zero attached hydrogens (tertiary/aromatic N) is 1. The van der Waals surface area contributed by atoms with Crippen LogP contribution in [-0.2, 0) is 0 Å². The van der Waals surface area contributed by atoms with E-state index in [2.05, 4.69) is 31.5 Å². The Morgan fingerprint density at radius 2 is 2.16 bits per heavy atom. The maximum absolute atomic E-state index is 11.9. The van der Waals surface area contributed by atoms with E-state index in [1.165, 1.54) is 6.07 Å². The summed E-state index contributed by atoms with van der Waals surface area (Å²) < 4.78 is 0.588. The van der Waals surface area contributed by atoms with Crippen molar-refractivity contribution in [1.82, 2.24) is 15.5 Å². The van der Waals surface area contributed by atoms with E-state index >= 15 is 0 Å². The molecule has 1 amide bonds. The molecule has 0 unspecified atom stereocenters. The molecule has 1 heterocycles. The number of rotatable bonds is 4. The van der Waals surface area contributed by atoms with Crippen molar-refractivity contribution in [3.63, 3.8) is 0 Å². The fourth-order valence-electron chi connectivity index (χ4n) is 2.02. The Morgan fingerprint density at radius 3 is 2.84 bits per heavy atom. The number of halogens is 1. The number of nitrogens with one attached hydrogen (secondary N) is 2. The van der Waals surface area contributed by atoms with Gasteiger partial charge in [-0.25, -0.2) is 0 Å². The standard InChI is InChI=1S/C13H18BrN3O2/c14-11-2-1-10(9-12(11)18)13(19)16-5-8-17-6-3-15-4-7-17/h1-2,9,15,18H,3-8H2,(H,16,19). The second-order valence-electron chi connectivity index (χ2n) is 4.51. The highest BCUT2D eigenvalue weighted by Gasteiger charge is 2.11. The smallest absolute Gasteiger partial charge is 0.251 e. The normalized spacial score (nSPS) is 16.3. The molecule has 104 valence electrons. The van der Waals surface area contributed by atoms with Gasteiger partial charge in [-0.1, -0.05) is 0 Å². The van der Waals surface area contributed by atoms with Crippen molar-refractivity contribution in [1.29, 1.82) is 0 Å². The Balaban J connectivity index is 1.78. The first-order valence-electron chi connectivity index (χ1n) is 6.36. The van der Waals surface area contributed by atoms with Crippen molar-refractivity contribution in [2.75, 3.05) is 39.3 Å². The van der Waals surface area contributed by atoms with Crippen LogP contribution >= 0.6 is 15.9 Å². The SMILES string of the molecule is O=C(NCCN1CCNCC1)c1ccc(Br)c(O)c1. The topological polar surface area (TPSA) is 64.6 Å². The maximum atomic E-state index is 11.9. The number of phenols is 1. The largest absolute Gasteiger partial charge is 0.507 e. The molecule has 1 aromatic carbocycles. The molecule has 3 N–H and O–H groups in total. The molecule has 0 aliphatic carbocycles. The molecule has 0 spiro atoms. The van der Waals surface area contributed by atoms with Crippen LogP contribution in [-0.4, -0.2) is 55.2 Å². The minimum Gasteiger partial charge on any atom is -0.507 e. The lowest BCUT2D eigenvalue weighted by atomic mass is 10.2. The maximum Gasteiger partial charge on any atom is 0.251 e. The zero-order valence-electron chi connectivity index (χ0n) is 10.7. The molecular formula is C13H18BrN3O2. The van der Waals surface area contributed by atoms with E-state index in [-0.39, 0.29) is 11.7 Å². The molecule has 1 aliphatic rings. The van der Waals surface area contributed by atoms with Crippen LogP contribution in [0, 0.1) is 0 Å². The minimum atomic E-state index is -0.155. The molecular weight excluding hydrogens is 310 g/mol. The molecule has 6 heteroatoms. The average molecular weight is 328 g/mol. The third-order valence-corrected chi connectivity index (χ3v) is 3.80. The summed E-state index contributed by atoms with van der Waals surface area (Å²) in [5.41, 5.74) is 0.473. The molecule has 5 nitrogen and oxygen atoms in total. The van der Waals surface area contributed by atoms with Crippen LogP contribution in [0.2, 0.25) is 0 Å². The molecule has 1 aliphatic heterocycles. The number of benzene rings is 1. The monoisotopic (exact) mass is 327 g/mol. The van der Waals surface area contributed by atoms with Crippen LogP contribution in [0.3, 0.4) is 0 Å². The van der Waals surface area contributed by atoms with Gasteiger partial charge in [0.2, 0.25) is 0 Å². The van der Waals surface area contributed by atoms with Crippen molar-refractivity contribution in [3.8, 4) is 5.75 Å². The Morgan fingerprint density at radius 1 is 1.42 bits per heavy atom. The number of piperazine rings is 1. The van der Waals surface area contributed by atoms with Gasteiger partial charge >= 0.3 is 0 Å². The van der Waals surface area contributed by atoms with Gasteiger partial charge in [-0.2, -0.15) is 0 Å². The van der Waals surface area contributed by atoms with Crippen LogP contribution in [0.4, 0.5) is 0 Å². The van der Waals surface area contributed by atoms with Gasteiger partial charge in [0.25, 0.3) is 5.91 Å². The third-order valence-electron chi connectivity index (χ3n) is 3.13. The number of hydrogen-bond donors (Lipinski definition) is 3. The number of carbonyl (C=O) groups is 1. The van der Waals surface area contributed by atoms with Gasteiger partial charge in [0.1, 0.15) is 5.75 Å². The van der Waals surface area contributed by atoms with Crippen molar-refractivity contribution in [3.05, 3.63) is 28.2 Å². The Labute approximate surface area is 121 Å². The predicted molar refractivity (Wildman–Crippen MR) is 77.4 cm³/mol. The summed E-state index contributed by atoms with van der Waals surface area (Å²) in [6.07, 6.45) is 0. The van der Waals surface area contributed by atoms with E-state index in [4.69, 9.17) is 0 Å². The molecule has 0 atom stereocenters. The lowest BCUT2D eigenvalue weighted by Gasteiger charge is -2.27.